The highest BCUT2D eigenvalue weighted by Gasteiger charge is 2.20. The summed E-state index contributed by atoms with van der Waals surface area (Å²) >= 11 is 0. The molecule has 0 bridgehead atoms. The number of H-pyrrole nitrogens is 1. The maximum absolute atomic E-state index is 4.04. The second-order valence-electron chi connectivity index (χ2n) is 3.74. The molecular formula is C9H16N4. The molecule has 2 heterocycles. The lowest BCUT2D eigenvalue weighted by atomic mass is 10.1. The van der Waals surface area contributed by atoms with Gasteiger partial charge in [-0.2, -0.15) is 5.10 Å². The topological polar surface area (TPSA) is 44.0 Å². The van der Waals surface area contributed by atoms with Crippen molar-refractivity contribution in [3.63, 3.8) is 0 Å². The van der Waals surface area contributed by atoms with Crippen molar-refractivity contribution in [1.82, 2.24) is 20.4 Å². The van der Waals surface area contributed by atoms with E-state index in [1.54, 1.807) is 0 Å². The van der Waals surface area contributed by atoms with Crippen molar-refractivity contribution >= 4 is 0 Å². The van der Waals surface area contributed by atoms with Crippen LogP contribution in [0.15, 0.2) is 6.20 Å². The van der Waals surface area contributed by atoms with Crippen LogP contribution in [0.25, 0.3) is 0 Å². The van der Waals surface area contributed by atoms with E-state index in [2.05, 4.69) is 34.4 Å². The quantitative estimate of drug-likeness (QED) is 0.653. The fraction of sp³-hybridized carbons (Fsp3) is 0.667. The SMILES string of the molecule is Cc1cn[nH]c1C1CN(C)CCN1. The summed E-state index contributed by atoms with van der Waals surface area (Å²) in [5, 5.41) is 10.6. The molecule has 2 rings (SSSR count). The highest BCUT2D eigenvalue weighted by molar-refractivity contribution is 5.18. The molecule has 0 aliphatic carbocycles. The van der Waals surface area contributed by atoms with E-state index in [4.69, 9.17) is 0 Å². The van der Waals surface area contributed by atoms with E-state index >= 15 is 0 Å². The molecule has 0 amide bonds. The maximum Gasteiger partial charge on any atom is 0.0621 e. The van der Waals surface area contributed by atoms with E-state index in [0.29, 0.717) is 6.04 Å². The highest BCUT2D eigenvalue weighted by atomic mass is 15.2. The smallest absolute Gasteiger partial charge is 0.0621 e. The Morgan fingerprint density at radius 1 is 1.62 bits per heavy atom. The number of aromatic nitrogens is 2. The molecule has 1 aromatic rings. The van der Waals surface area contributed by atoms with E-state index in [-0.39, 0.29) is 0 Å². The van der Waals surface area contributed by atoms with Gasteiger partial charge in [-0.3, -0.25) is 5.10 Å². The van der Waals surface area contributed by atoms with Crippen LogP contribution in [0.2, 0.25) is 0 Å². The van der Waals surface area contributed by atoms with Gasteiger partial charge in [-0.25, -0.2) is 0 Å². The first kappa shape index (κ1) is 8.72. The summed E-state index contributed by atoms with van der Waals surface area (Å²) in [7, 11) is 2.15. The summed E-state index contributed by atoms with van der Waals surface area (Å²) in [6.07, 6.45) is 1.88. The van der Waals surface area contributed by atoms with Gasteiger partial charge in [0.25, 0.3) is 0 Å². The molecule has 4 nitrogen and oxygen atoms in total. The zero-order valence-electron chi connectivity index (χ0n) is 8.17. The Kier molecular flexibility index (Phi) is 2.33. The van der Waals surface area contributed by atoms with E-state index in [0.717, 1.165) is 19.6 Å². The monoisotopic (exact) mass is 180 g/mol. The largest absolute Gasteiger partial charge is 0.306 e. The molecule has 2 N–H and O–H groups in total. The molecule has 1 saturated heterocycles. The van der Waals surface area contributed by atoms with Crippen LogP contribution < -0.4 is 5.32 Å². The summed E-state index contributed by atoms with van der Waals surface area (Å²) in [6.45, 7) is 5.33. The summed E-state index contributed by atoms with van der Waals surface area (Å²) < 4.78 is 0. The Labute approximate surface area is 78.3 Å². The molecule has 0 saturated carbocycles. The van der Waals surface area contributed by atoms with Crippen LogP contribution in [0.5, 0.6) is 0 Å². The second kappa shape index (κ2) is 3.47. The molecule has 1 unspecified atom stereocenters. The Bertz CT molecular complexity index is 281. The van der Waals surface area contributed by atoms with Crippen molar-refractivity contribution in [3.05, 3.63) is 17.5 Å². The first-order valence-electron chi connectivity index (χ1n) is 4.69. The number of likely N-dealkylation sites (N-methyl/N-ethyl adjacent to an activating group) is 1. The van der Waals surface area contributed by atoms with Crippen molar-refractivity contribution in [1.29, 1.82) is 0 Å². The number of nitrogens with zero attached hydrogens (tertiary/aromatic N) is 2. The average Bonchev–Trinajstić information content (AvgIpc) is 2.51. The Morgan fingerprint density at radius 2 is 2.46 bits per heavy atom. The van der Waals surface area contributed by atoms with Gasteiger partial charge in [0, 0.05) is 19.6 Å². The van der Waals surface area contributed by atoms with Gasteiger partial charge in [-0.1, -0.05) is 0 Å². The molecule has 1 aliphatic heterocycles. The molecule has 1 atom stereocenters. The van der Waals surface area contributed by atoms with Crippen LogP contribution in [0.1, 0.15) is 17.3 Å². The number of hydrogen-bond donors (Lipinski definition) is 2. The van der Waals surface area contributed by atoms with E-state index in [1.807, 2.05) is 6.20 Å². The van der Waals surface area contributed by atoms with Crippen LogP contribution in [0.3, 0.4) is 0 Å². The summed E-state index contributed by atoms with van der Waals surface area (Å²) in [5.41, 5.74) is 2.47. The second-order valence-corrected chi connectivity index (χ2v) is 3.74. The van der Waals surface area contributed by atoms with Crippen LogP contribution in [0.4, 0.5) is 0 Å². The lowest BCUT2D eigenvalue weighted by molar-refractivity contribution is 0.238. The Morgan fingerprint density at radius 3 is 3.08 bits per heavy atom. The molecule has 0 radical (unpaired) electrons. The minimum atomic E-state index is 0.418. The molecule has 1 aromatic heterocycles. The number of rotatable bonds is 1. The van der Waals surface area contributed by atoms with Gasteiger partial charge in [0.2, 0.25) is 0 Å². The van der Waals surface area contributed by atoms with E-state index in [1.165, 1.54) is 11.3 Å². The van der Waals surface area contributed by atoms with Crippen LogP contribution in [0, 0.1) is 6.92 Å². The Balaban J connectivity index is 2.12. The standard InChI is InChI=1S/C9H16N4/c1-7-5-11-12-9(7)8-6-13(2)4-3-10-8/h5,8,10H,3-4,6H2,1-2H3,(H,11,12). The predicted octanol–water partition coefficient (Wildman–Crippen LogP) is 0.294. The van der Waals surface area contributed by atoms with Gasteiger partial charge in [0.15, 0.2) is 0 Å². The molecule has 4 heteroatoms. The normalized spacial score (nSPS) is 24.9. The van der Waals surface area contributed by atoms with Gasteiger partial charge in [-0.05, 0) is 19.5 Å². The van der Waals surface area contributed by atoms with Gasteiger partial charge in [0.1, 0.15) is 0 Å². The number of nitrogens with one attached hydrogen (secondary N) is 2. The third-order valence-electron chi connectivity index (χ3n) is 2.60. The van der Waals surface area contributed by atoms with Gasteiger partial charge >= 0.3 is 0 Å². The van der Waals surface area contributed by atoms with E-state index in [9.17, 15) is 0 Å². The Hall–Kier alpha value is -0.870. The zero-order valence-corrected chi connectivity index (χ0v) is 8.17. The molecule has 72 valence electrons. The van der Waals surface area contributed by atoms with Crippen molar-refractivity contribution in [3.8, 4) is 0 Å². The van der Waals surface area contributed by atoms with Gasteiger partial charge in [-0.15, -0.1) is 0 Å². The van der Waals surface area contributed by atoms with Crippen molar-refractivity contribution in [2.45, 2.75) is 13.0 Å². The van der Waals surface area contributed by atoms with E-state index < -0.39 is 0 Å². The summed E-state index contributed by atoms with van der Waals surface area (Å²) in [5.74, 6) is 0. The number of hydrogen-bond acceptors (Lipinski definition) is 3. The first-order chi connectivity index (χ1) is 6.27. The number of aromatic amines is 1. The van der Waals surface area contributed by atoms with Crippen molar-refractivity contribution in [2.75, 3.05) is 26.7 Å². The van der Waals surface area contributed by atoms with Crippen molar-refractivity contribution in [2.24, 2.45) is 0 Å². The predicted molar refractivity (Wildman–Crippen MR) is 51.6 cm³/mol. The maximum atomic E-state index is 4.04. The highest BCUT2D eigenvalue weighted by Crippen LogP contribution is 2.16. The number of piperazine rings is 1. The summed E-state index contributed by atoms with van der Waals surface area (Å²) in [6, 6.07) is 0.418. The zero-order chi connectivity index (χ0) is 9.26. The molecule has 0 spiro atoms. The fourth-order valence-electron chi connectivity index (χ4n) is 1.80. The molecule has 1 fully saturated rings. The third kappa shape index (κ3) is 1.73. The molecule has 1 aliphatic rings. The van der Waals surface area contributed by atoms with Crippen LogP contribution in [-0.2, 0) is 0 Å². The van der Waals surface area contributed by atoms with Crippen LogP contribution in [-0.4, -0.2) is 41.8 Å². The molecule has 13 heavy (non-hydrogen) atoms. The first-order valence-corrected chi connectivity index (χ1v) is 4.69. The van der Waals surface area contributed by atoms with Crippen molar-refractivity contribution < 1.29 is 0 Å². The van der Waals surface area contributed by atoms with Gasteiger partial charge < -0.3 is 10.2 Å². The lowest BCUT2D eigenvalue weighted by Gasteiger charge is -2.30. The lowest BCUT2D eigenvalue weighted by Crippen LogP contribution is -2.44. The fourth-order valence-corrected chi connectivity index (χ4v) is 1.80. The summed E-state index contributed by atoms with van der Waals surface area (Å²) in [4.78, 5) is 2.33. The van der Waals surface area contributed by atoms with Crippen LogP contribution >= 0.6 is 0 Å². The average molecular weight is 180 g/mol. The molecule has 0 aromatic carbocycles. The minimum absolute atomic E-state index is 0.418. The van der Waals surface area contributed by atoms with Gasteiger partial charge in [0.05, 0.1) is 17.9 Å². The minimum Gasteiger partial charge on any atom is -0.306 e. The third-order valence-corrected chi connectivity index (χ3v) is 2.60. The number of aryl methyl sites for hydroxylation is 1. The molecular weight excluding hydrogens is 164 g/mol.